The molecule has 43 heavy (non-hydrogen) atoms. The maximum Gasteiger partial charge on any atom is 0.306 e. The van der Waals surface area contributed by atoms with E-state index in [4.69, 9.17) is 10.5 Å². The van der Waals surface area contributed by atoms with Crippen LogP contribution >= 0.6 is 11.3 Å². The smallest absolute Gasteiger partial charge is 0.306 e. The monoisotopic (exact) mass is 595 g/mol. The average Bonchev–Trinajstić information content (AvgIpc) is 3.61. The maximum absolute atomic E-state index is 13.2. The Hall–Kier alpha value is -4.67. The number of hydrogen-bond donors (Lipinski definition) is 3. The van der Waals surface area contributed by atoms with E-state index in [0.717, 1.165) is 57.3 Å². The summed E-state index contributed by atoms with van der Waals surface area (Å²) in [6.07, 6.45) is 7.31. The van der Waals surface area contributed by atoms with Gasteiger partial charge in [-0.15, -0.1) is 11.3 Å². The largest absolute Gasteiger partial charge is 0.495 e. The molecule has 4 N–H and O–H groups in total. The van der Waals surface area contributed by atoms with Gasteiger partial charge in [0.25, 0.3) is 5.91 Å². The van der Waals surface area contributed by atoms with Gasteiger partial charge in [-0.05, 0) is 61.1 Å². The van der Waals surface area contributed by atoms with E-state index in [-0.39, 0.29) is 11.8 Å². The van der Waals surface area contributed by atoms with Crippen LogP contribution in [-0.2, 0) is 11.8 Å². The molecular weight excluding hydrogens is 562 g/mol. The van der Waals surface area contributed by atoms with Gasteiger partial charge in [0.05, 0.1) is 18.7 Å². The molecule has 0 aliphatic carbocycles. The molecule has 6 rings (SSSR count). The lowest BCUT2D eigenvalue weighted by Crippen LogP contribution is -2.36. The number of benzene rings is 2. The molecule has 1 fully saturated rings. The Balaban J connectivity index is 1.22. The number of nitrogens with zero attached hydrogens (tertiary/aromatic N) is 3. The first-order valence-electron chi connectivity index (χ1n) is 14.2. The highest BCUT2D eigenvalue weighted by Crippen LogP contribution is 2.41. The van der Waals surface area contributed by atoms with Crippen LogP contribution in [0.15, 0.2) is 66.2 Å². The van der Waals surface area contributed by atoms with E-state index in [0.29, 0.717) is 35.8 Å². The van der Waals surface area contributed by atoms with Gasteiger partial charge in [-0.1, -0.05) is 36.4 Å². The number of carboxylic acids is 1. The van der Waals surface area contributed by atoms with Crippen LogP contribution in [-0.4, -0.2) is 58.2 Å². The van der Waals surface area contributed by atoms with Crippen LogP contribution in [0, 0.1) is 5.92 Å². The first-order chi connectivity index (χ1) is 20.8. The van der Waals surface area contributed by atoms with Gasteiger partial charge in [0.15, 0.2) is 0 Å². The van der Waals surface area contributed by atoms with E-state index in [1.54, 1.807) is 24.6 Å². The maximum atomic E-state index is 13.2. The minimum atomic E-state index is -0.697. The van der Waals surface area contributed by atoms with Crippen LogP contribution in [0.1, 0.15) is 28.9 Å². The van der Waals surface area contributed by atoms with E-state index in [9.17, 15) is 14.7 Å². The fourth-order valence-electron chi connectivity index (χ4n) is 5.76. The van der Waals surface area contributed by atoms with Crippen molar-refractivity contribution in [2.75, 3.05) is 37.8 Å². The third kappa shape index (κ3) is 5.59. The number of nitrogen functional groups attached to an aromatic ring is 1. The number of aromatic nitrogens is 2. The second-order valence-electron chi connectivity index (χ2n) is 10.8. The first-order valence-corrected chi connectivity index (χ1v) is 15.0. The lowest BCUT2D eigenvalue weighted by atomic mass is 9.97. The number of ether oxygens (including phenoxy) is 1. The number of para-hydroxylation sites is 1. The number of likely N-dealkylation sites (tertiary alicyclic amines) is 1. The Bertz CT molecular complexity index is 1870. The highest BCUT2D eigenvalue weighted by Gasteiger charge is 2.24. The summed E-state index contributed by atoms with van der Waals surface area (Å²) in [6, 6.07) is 15.5. The molecule has 1 amide bonds. The molecule has 1 aliphatic rings. The predicted octanol–water partition coefficient (Wildman–Crippen LogP) is 6.11. The Morgan fingerprint density at radius 3 is 2.72 bits per heavy atom. The van der Waals surface area contributed by atoms with Crippen molar-refractivity contribution in [1.82, 2.24) is 14.5 Å². The van der Waals surface area contributed by atoms with E-state index in [1.165, 1.54) is 0 Å². The van der Waals surface area contributed by atoms with Gasteiger partial charge in [-0.25, -0.2) is 4.98 Å². The van der Waals surface area contributed by atoms with Crippen LogP contribution in [0.25, 0.3) is 38.2 Å². The first kappa shape index (κ1) is 28.4. The summed E-state index contributed by atoms with van der Waals surface area (Å²) in [5.41, 5.74) is 11.3. The molecule has 0 atom stereocenters. The average molecular weight is 596 g/mol. The highest BCUT2D eigenvalue weighted by molar-refractivity contribution is 7.18. The van der Waals surface area contributed by atoms with Gasteiger partial charge in [-0.3, -0.25) is 14.5 Å². The molecule has 2 aromatic carbocycles. The molecule has 9 nitrogen and oxygen atoms in total. The number of carbonyl (C=O) groups is 2. The van der Waals surface area contributed by atoms with Crippen molar-refractivity contribution in [3.63, 3.8) is 0 Å². The van der Waals surface area contributed by atoms with E-state index in [1.807, 2.05) is 60.1 Å². The number of carboxylic acid groups (broad SMARTS) is 1. The number of methoxy groups -OCH3 is 1. The van der Waals surface area contributed by atoms with E-state index in [2.05, 4.69) is 32.7 Å². The molecule has 5 aromatic rings. The SMILES string of the molecule is COc1cc(-c2csc3c(C=CCN4CCC(C(=O)O)CC4)cnc(N)c23)ccc1NC(=O)c1cc2ccccc2n1C. The molecule has 1 saturated heterocycles. The zero-order valence-corrected chi connectivity index (χ0v) is 24.9. The number of carbonyl (C=O) groups excluding carboxylic acids is 1. The normalized spacial score (nSPS) is 14.6. The number of nitrogens with one attached hydrogen (secondary N) is 1. The summed E-state index contributed by atoms with van der Waals surface area (Å²) in [4.78, 5) is 31.2. The molecule has 3 aromatic heterocycles. The van der Waals surface area contributed by atoms with Crippen LogP contribution in [0.3, 0.4) is 0 Å². The summed E-state index contributed by atoms with van der Waals surface area (Å²) in [7, 11) is 3.46. The highest BCUT2D eigenvalue weighted by atomic mass is 32.1. The number of pyridine rings is 1. The Morgan fingerprint density at radius 2 is 1.98 bits per heavy atom. The van der Waals surface area contributed by atoms with Crippen molar-refractivity contribution in [3.05, 3.63) is 77.4 Å². The van der Waals surface area contributed by atoms with Crippen LogP contribution < -0.4 is 15.8 Å². The fraction of sp³-hybridized carbons (Fsp3) is 0.242. The number of aliphatic carboxylic acids is 1. The number of rotatable bonds is 8. The summed E-state index contributed by atoms with van der Waals surface area (Å²) >= 11 is 1.60. The zero-order valence-electron chi connectivity index (χ0n) is 24.0. The minimum absolute atomic E-state index is 0.220. The van der Waals surface area contributed by atoms with Crippen molar-refractivity contribution >= 4 is 61.8 Å². The molecular formula is C33H33N5O4S. The molecule has 4 heterocycles. The van der Waals surface area contributed by atoms with Gasteiger partial charge in [-0.2, -0.15) is 0 Å². The Morgan fingerprint density at radius 1 is 1.19 bits per heavy atom. The van der Waals surface area contributed by atoms with Gasteiger partial charge in [0, 0.05) is 51.9 Å². The number of fused-ring (bicyclic) bond motifs is 2. The van der Waals surface area contributed by atoms with E-state index >= 15 is 0 Å². The quantitative estimate of drug-likeness (QED) is 0.198. The molecule has 0 bridgehead atoms. The van der Waals surface area contributed by atoms with Gasteiger partial charge >= 0.3 is 5.97 Å². The second-order valence-corrected chi connectivity index (χ2v) is 11.7. The van der Waals surface area contributed by atoms with Crippen molar-refractivity contribution in [2.45, 2.75) is 12.8 Å². The zero-order chi connectivity index (χ0) is 30.1. The topological polar surface area (TPSA) is 123 Å². The number of aryl methyl sites for hydroxylation is 1. The minimum Gasteiger partial charge on any atom is -0.495 e. The van der Waals surface area contributed by atoms with Crippen LogP contribution in [0.4, 0.5) is 11.5 Å². The molecule has 0 unspecified atom stereocenters. The van der Waals surface area contributed by atoms with E-state index < -0.39 is 5.97 Å². The second kappa shape index (κ2) is 11.9. The molecule has 10 heteroatoms. The lowest BCUT2D eigenvalue weighted by molar-refractivity contribution is -0.143. The number of piperidine rings is 1. The number of thiophene rings is 1. The molecule has 0 saturated carbocycles. The van der Waals surface area contributed by atoms with Crippen molar-refractivity contribution in [2.24, 2.45) is 13.0 Å². The summed E-state index contributed by atoms with van der Waals surface area (Å²) in [5, 5.41) is 16.2. The van der Waals surface area contributed by atoms with Crippen molar-refractivity contribution in [1.29, 1.82) is 0 Å². The fourth-order valence-corrected chi connectivity index (χ4v) is 6.84. The van der Waals surface area contributed by atoms with Crippen LogP contribution in [0.5, 0.6) is 5.75 Å². The number of anilines is 2. The van der Waals surface area contributed by atoms with Gasteiger partial charge < -0.3 is 25.5 Å². The van der Waals surface area contributed by atoms with Gasteiger partial charge in [0.2, 0.25) is 0 Å². The summed E-state index contributed by atoms with van der Waals surface area (Å²) < 4.78 is 8.61. The third-order valence-corrected chi connectivity index (χ3v) is 9.22. The molecule has 220 valence electrons. The number of amides is 1. The number of hydrogen-bond acceptors (Lipinski definition) is 7. The lowest BCUT2D eigenvalue weighted by Gasteiger charge is -2.28. The summed E-state index contributed by atoms with van der Waals surface area (Å²) in [6.45, 7) is 2.31. The van der Waals surface area contributed by atoms with Crippen molar-refractivity contribution in [3.8, 4) is 16.9 Å². The van der Waals surface area contributed by atoms with Crippen molar-refractivity contribution < 1.29 is 19.4 Å². The standard InChI is InChI=1S/C33H33N5O4S/c1-37-26-8-4-3-6-22(26)16-27(37)32(39)36-25-10-9-21(17-28(25)42-2)24-19-43-30-23(18-35-31(34)29(24)30)7-5-13-38-14-11-20(12-15-38)33(40)41/h3-10,16-20H,11-15H2,1-2H3,(H2,34,35)(H,36,39)(H,40,41). The molecule has 0 radical (unpaired) electrons. The Labute approximate surface area is 253 Å². The predicted molar refractivity (Wildman–Crippen MR) is 173 cm³/mol. The molecule has 1 aliphatic heterocycles. The molecule has 0 spiro atoms. The van der Waals surface area contributed by atoms with Crippen LogP contribution in [0.2, 0.25) is 0 Å². The summed E-state index contributed by atoms with van der Waals surface area (Å²) in [5.74, 6) is -0.165. The number of nitrogens with two attached hydrogens (primary N) is 1. The van der Waals surface area contributed by atoms with Gasteiger partial charge in [0.1, 0.15) is 17.3 Å². The Kier molecular flexibility index (Phi) is 7.88. The third-order valence-electron chi connectivity index (χ3n) is 8.19.